The first-order chi connectivity index (χ1) is 10.4. The lowest BCUT2D eigenvalue weighted by molar-refractivity contribution is -0.137. The molecule has 1 heterocycles. The molecule has 1 fully saturated rings. The molecule has 2 rings (SSSR count). The van der Waals surface area contributed by atoms with E-state index in [4.69, 9.17) is 0 Å². The molecule has 2 N–H and O–H groups in total. The first-order valence-corrected chi connectivity index (χ1v) is 6.82. The van der Waals surface area contributed by atoms with Gasteiger partial charge in [0, 0.05) is 19.6 Å². The van der Waals surface area contributed by atoms with Crippen molar-refractivity contribution >= 4 is 11.9 Å². The molecular weight excluding hydrogens is 299 g/mol. The van der Waals surface area contributed by atoms with E-state index in [1.165, 1.54) is 17.0 Å². The van der Waals surface area contributed by atoms with Crippen molar-refractivity contribution in [3.05, 3.63) is 35.4 Å². The van der Waals surface area contributed by atoms with Crippen LogP contribution in [0.15, 0.2) is 24.3 Å². The summed E-state index contributed by atoms with van der Waals surface area (Å²) in [7, 11) is 0. The van der Waals surface area contributed by atoms with Crippen molar-refractivity contribution in [2.45, 2.75) is 19.1 Å². The lowest BCUT2D eigenvalue weighted by atomic mass is 10.1. The van der Waals surface area contributed by atoms with Crippen LogP contribution in [0, 0.1) is 0 Å². The van der Waals surface area contributed by atoms with E-state index < -0.39 is 17.8 Å². The number of carbonyl (C=O) groups is 2. The average Bonchev–Trinajstić information content (AvgIpc) is 2.69. The van der Waals surface area contributed by atoms with Crippen LogP contribution < -0.4 is 10.6 Å². The van der Waals surface area contributed by atoms with E-state index in [0.717, 1.165) is 12.1 Å². The van der Waals surface area contributed by atoms with Crippen LogP contribution in [0.25, 0.3) is 0 Å². The second kappa shape index (κ2) is 6.67. The summed E-state index contributed by atoms with van der Waals surface area (Å²) in [6, 6.07) is 4.18. The number of hydrogen-bond acceptors (Lipinski definition) is 2. The van der Waals surface area contributed by atoms with E-state index in [1.54, 1.807) is 0 Å². The van der Waals surface area contributed by atoms with Gasteiger partial charge in [0.15, 0.2) is 0 Å². The highest BCUT2D eigenvalue weighted by Gasteiger charge is 2.29. The van der Waals surface area contributed by atoms with Crippen molar-refractivity contribution in [3.63, 3.8) is 0 Å². The molecule has 5 nitrogen and oxygen atoms in total. The number of rotatable bonds is 2. The first-order valence-electron chi connectivity index (χ1n) is 6.82. The van der Waals surface area contributed by atoms with E-state index in [9.17, 15) is 22.8 Å². The number of benzene rings is 1. The standard InChI is InChI=1S/C14H16F3N3O2/c15-14(16,17)11-4-2-10(3-5-11)8-19-13(22)20-7-1-6-18-12(21)9-20/h2-5H,1,6-9H2,(H,18,21)(H,19,22). The maximum atomic E-state index is 12.4. The molecule has 1 aliphatic heterocycles. The number of nitrogens with zero attached hydrogens (tertiary/aromatic N) is 1. The minimum Gasteiger partial charge on any atom is -0.354 e. The van der Waals surface area contributed by atoms with Gasteiger partial charge in [-0.3, -0.25) is 4.79 Å². The minimum atomic E-state index is -4.37. The van der Waals surface area contributed by atoms with Crippen molar-refractivity contribution in [2.75, 3.05) is 19.6 Å². The number of urea groups is 1. The fraction of sp³-hybridized carbons (Fsp3) is 0.429. The van der Waals surface area contributed by atoms with E-state index in [-0.39, 0.29) is 19.0 Å². The summed E-state index contributed by atoms with van der Waals surface area (Å²) in [4.78, 5) is 24.7. The van der Waals surface area contributed by atoms with Crippen molar-refractivity contribution in [3.8, 4) is 0 Å². The van der Waals surface area contributed by atoms with Crippen LogP contribution in [0.1, 0.15) is 17.5 Å². The van der Waals surface area contributed by atoms with Crippen LogP contribution >= 0.6 is 0 Å². The maximum absolute atomic E-state index is 12.4. The molecular formula is C14H16F3N3O2. The molecule has 1 aromatic carbocycles. The predicted molar refractivity (Wildman–Crippen MR) is 72.9 cm³/mol. The summed E-state index contributed by atoms with van der Waals surface area (Å²) in [5.74, 6) is -0.220. The number of alkyl halides is 3. The van der Waals surface area contributed by atoms with Crippen LogP contribution in [0.3, 0.4) is 0 Å². The molecule has 0 spiro atoms. The van der Waals surface area contributed by atoms with Gasteiger partial charge in [-0.2, -0.15) is 13.2 Å². The van der Waals surface area contributed by atoms with Crippen LogP contribution in [0.4, 0.5) is 18.0 Å². The number of halogens is 3. The Kier molecular flexibility index (Phi) is 4.89. The first kappa shape index (κ1) is 16.1. The third-order valence-electron chi connectivity index (χ3n) is 3.27. The molecule has 0 bridgehead atoms. The van der Waals surface area contributed by atoms with Gasteiger partial charge in [0.1, 0.15) is 6.54 Å². The highest BCUT2D eigenvalue weighted by Crippen LogP contribution is 2.29. The van der Waals surface area contributed by atoms with Crippen molar-refractivity contribution < 1.29 is 22.8 Å². The fourth-order valence-corrected chi connectivity index (χ4v) is 2.08. The Morgan fingerprint density at radius 1 is 1.27 bits per heavy atom. The molecule has 3 amide bonds. The van der Waals surface area contributed by atoms with Gasteiger partial charge >= 0.3 is 12.2 Å². The number of nitrogens with one attached hydrogen (secondary N) is 2. The van der Waals surface area contributed by atoms with E-state index >= 15 is 0 Å². The normalized spacial score (nSPS) is 16.0. The quantitative estimate of drug-likeness (QED) is 0.873. The third kappa shape index (κ3) is 4.37. The Morgan fingerprint density at radius 2 is 1.95 bits per heavy atom. The number of carbonyl (C=O) groups excluding carboxylic acids is 2. The lowest BCUT2D eigenvalue weighted by Crippen LogP contribution is -2.43. The van der Waals surface area contributed by atoms with E-state index in [0.29, 0.717) is 25.1 Å². The molecule has 1 aliphatic rings. The zero-order valence-electron chi connectivity index (χ0n) is 11.7. The lowest BCUT2D eigenvalue weighted by Gasteiger charge is -2.19. The molecule has 0 aromatic heterocycles. The minimum absolute atomic E-state index is 0.0150. The van der Waals surface area contributed by atoms with Crippen molar-refractivity contribution in [1.29, 1.82) is 0 Å². The van der Waals surface area contributed by atoms with Gasteiger partial charge in [-0.1, -0.05) is 12.1 Å². The molecule has 0 saturated carbocycles. The zero-order chi connectivity index (χ0) is 16.2. The fourth-order valence-electron chi connectivity index (χ4n) is 2.08. The molecule has 0 radical (unpaired) electrons. The Bertz CT molecular complexity index is 543. The number of amides is 3. The molecule has 0 aliphatic carbocycles. The summed E-state index contributed by atoms with van der Waals surface area (Å²) in [6.45, 7) is 1.08. The summed E-state index contributed by atoms with van der Waals surface area (Å²) in [5.41, 5.74) is -0.174. The summed E-state index contributed by atoms with van der Waals surface area (Å²) >= 11 is 0. The Balaban J connectivity index is 1.89. The monoisotopic (exact) mass is 315 g/mol. The summed E-state index contributed by atoms with van der Waals surface area (Å²) in [5, 5.41) is 5.26. The summed E-state index contributed by atoms with van der Waals surface area (Å²) < 4.78 is 37.3. The van der Waals surface area contributed by atoms with Crippen LogP contribution in [-0.4, -0.2) is 36.5 Å². The van der Waals surface area contributed by atoms with E-state index in [1.807, 2.05) is 0 Å². The Labute approximate surface area is 125 Å². The largest absolute Gasteiger partial charge is 0.416 e. The number of hydrogen-bond donors (Lipinski definition) is 2. The molecule has 8 heteroatoms. The molecule has 1 aromatic rings. The molecule has 120 valence electrons. The van der Waals surface area contributed by atoms with Gasteiger partial charge in [0.2, 0.25) is 5.91 Å². The van der Waals surface area contributed by atoms with Crippen LogP contribution in [-0.2, 0) is 17.5 Å². The zero-order valence-corrected chi connectivity index (χ0v) is 11.7. The van der Waals surface area contributed by atoms with Gasteiger partial charge in [-0.05, 0) is 24.1 Å². The molecule has 0 atom stereocenters. The summed E-state index contributed by atoms with van der Waals surface area (Å²) in [6.07, 6.45) is -3.71. The van der Waals surface area contributed by atoms with Crippen LogP contribution in [0.2, 0.25) is 0 Å². The Hall–Kier alpha value is -2.25. The van der Waals surface area contributed by atoms with Gasteiger partial charge in [0.25, 0.3) is 0 Å². The average molecular weight is 315 g/mol. The predicted octanol–water partition coefficient (Wildman–Crippen LogP) is 1.74. The van der Waals surface area contributed by atoms with Gasteiger partial charge in [0.05, 0.1) is 5.56 Å². The van der Waals surface area contributed by atoms with Crippen molar-refractivity contribution in [2.24, 2.45) is 0 Å². The maximum Gasteiger partial charge on any atom is 0.416 e. The van der Waals surface area contributed by atoms with E-state index in [2.05, 4.69) is 10.6 Å². The third-order valence-corrected chi connectivity index (χ3v) is 3.27. The second-order valence-electron chi connectivity index (χ2n) is 4.98. The highest BCUT2D eigenvalue weighted by atomic mass is 19.4. The molecule has 22 heavy (non-hydrogen) atoms. The van der Waals surface area contributed by atoms with Gasteiger partial charge < -0.3 is 15.5 Å². The smallest absolute Gasteiger partial charge is 0.354 e. The van der Waals surface area contributed by atoms with Crippen LogP contribution in [0.5, 0.6) is 0 Å². The van der Waals surface area contributed by atoms with Crippen molar-refractivity contribution in [1.82, 2.24) is 15.5 Å². The second-order valence-corrected chi connectivity index (χ2v) is 4.98. The Morgan fingerprint density at radius 3 is 2.59 bits per heavy atom. The molecule has 1 saturated heterocycles. The highest BCUT2D eigenvalue weighted by molar-refractivity contribution is 5.84. The SMILES string of the molecule is O=C1CN(C(=O)NCc2ccc(C(F)(F)F)cc2)CCCN1. The molecule has 0 unspecified atom stereocenters. The van der Waals surface area contributed by atoms with Gasteiger partial charge in [-0.15, -0.1) is 0 Å². The topological polar surface area (TPSA) is 61.4 Å². The van der Waals surface area contributed by atoms with Gasteiger partial charge in [-0.25, -0.2) is 4.79 Å².